The lowest BCUT2D eigenvalue weighted by atomic mass is 10.2. The molecular formula is C11H14N4O. The van der Waals surface area contributed by atoms with E-state index in [9.17, 15) is 0 Å². The van der Waals surface area contributed by atoms with E-state index in [4.69, 9.17) is 15.9 Å². The van der Waals surface area contributed by atoms with Crippen molar-refractivity contribution in [1.82, 2.24) is 4.98 Å². The zero-order valence-corrected chi connectivity index (χ0v) is 9.03. The Morgan fingerprint density at radius 3 is 2.75 bits per heavy atom. The number of anilines is 3. The third-order valence-electron chi connectivity index (χ3n) is 2.20. The average Bonchev–Trinajstić information content (AvgIpc) is 2.66. The van der Waals surface area contributed by atoms with Crippen LogP contribution in [0.1, 0.15) is 11.7 Å². The zero-order chi connectivity index (χ0) is 11.5. The molecule has 0 atom stereocenters. The molecular weight excluding hydrogens is 204 g/mol. The fourth-order valence-electron chi connectivity index (χ4n) is 1.35. The molecule has 0 fully saturated rings. The molecule has 5 heteroatoms. The van der Waals surface area contributed by atoms with Gasteiger partial charge >= 0.3 is 0 Å². The Kier molecular flexibility index (Phi) is 2.68. The molecule has 0 bridgehead atoms. The SMILES string of the molecule is Cc1cnc(CNc2ccc(N)c(N)c2)o1. The van der Waals surface area contributed by atoms with E-state index in [1.807, 2.05) is 13.0 Å². The van der Waals surface area contributed by atoms with Gasteiger partial charge in [-0.15, -0.1) is 0 Å². The van der Waals surface area contributed by atoms with Gasteiger partial charge in [0, 0.05) is 5.69 Å². The number of nitrogens with two attached hydrogens (primary N) is 2. The number of hydrogen-bond acceptors (Lipinski definition) is 5. The molecule has 1 aromatic heterocycles. The second kappa shape index (κ2) is 4.14. The van der Waals surface area contributed by atoms with E-state index in [1.54, 1.807) is 18.3 Å². The van der Waals surface area contributed by atoms with Crippen LogP contribution in [-0.4, -0.2) is 4.98 Å². The van der Waals surface area contributed by atoms with Crippen molar-refractivity contribution in [3.8, 4) is 0 Å². The second-order valence-electron chi connectivity index (χ2n) is 3.56. The van der Waals surface area contributed by atoms with E-state index in [1.165, 1.54) is 0 Å². The molecule has 16 heavy (non-hydrogen) atoms. The lowest BCUT2D eigenvalue weighted by Gasteiger charge is -2.06. The largest absolute Gasteiger partial charge is 0.444 e. The van der Waals surface area contributed by atoms with Crippen LogP contribution in [0.15, 0.2) is 28.8 Å². The number of benzene rings is 1. The Morgan fingerprint density at radius 1 is 1.31 bits per heavy atom. The van der Waals surface area contributed by atoms with Crippen LogP contribution in [0.3, 0.4) is 0 Å². The van der Waals surface area contributed by atoms with Crippen molar-refractivity contribution >= 4 is 17.1 Å². The van der Waals surface area contributed by atoms with Gasteiger partial charge in [0.2, 0.25) is 5.89 Å². The topological polar surface area (TPSA) is 90.1 Å². The normalized spacial score (nSPS) is 10.3. The van der Waals surface area contributed by atoms with Gasteiger partial charge in [0.05, 0.1) is 24.1 Å². The number of oxazole rings is 1. The van der Waals surface area contributed by atoms with E-state index in [0.717, 1.165) is 11.4 Å². The van der Waals surface area contributed by atoms with Crippen molar-refractivity contribution < 1.29 is 4.42 Å². The van der Waals surface area contributed by atoms with Gasteiger partial charge < -0.3 is 21.2 Å². The molecule has 1 heterocycles. The Balaban J connectivity index is 2.02. The fraction of sp³-hybridized carbons (Fsp3) is 0.182. The summed E-state index contributed by atoms with van der Waals surface area (Å²) in [5, 5.41) is 3.15. The van der Waals surface area contributed by atoms with Gasteiger partial charge in [0.1, 0.15) is 5.76 Å². The summed E-state index contributed by atoms with van der Waals surface area (Å²) < 4.78 is 5.33. The van der Waals surface area contributed by atoms with E-state index in [0.29, 0.717) is 23.8 Å². The Labute approximate surface area is 93.5 Å². The minimum Gasteiger partial charge on any atom is -0.444 e. The van der Waals surface area contributed by atoms with Crippen LogP contribution < -0.4 is 16.8 Å². The predicted octanol–water partition coefficient (Wildman–Crippen LogP) is 1.76. The highest BCUT2D eigenvalue weighted by Crippen LogP contribution is 2.19. The second-order valence-corrected chi connectivity index (χ2v) is 3.56. The molecule has 0 aliphatic heterocycles. The van der Waals surface area contributed by atoms with Crippen LogP contribution in [0.4, 0.5) is 17.1 Å². The van der Waals surface area contributed by atoms with Gasteiger partial charge in [-0.1, -0.05) is 0 Å². The number of nitrogen functional groups attached to an aromatic ring is 2. The molecule has 2 rings (SSSR count). The molecule has 84 valence electrons. The number of nitrogens with one attached hydrogen (secondary N) is 1. The van der Waals surface area contributed by atoms with Gasteiger partial charge in [-0.3, -0.25) is 0 Å². The minimum atomic E-state index is 0.525. The summed E-state index contributed by atoms with van der Waals surface area (Å²) in [6.45, 7) is 2.38. The first-order valence-corrected chi connectivity index (χ1v) is 4.95. The Hall–Kier alpha value is -2.17. The lowest BCUT2D eigenvalue weighted by Crippen LogP contribution is -2.01. The van der Waals surface area contributed by atoms with E-state index in [-0.39, 0.29) is 0 Å². The Morgan fingerprint density at radius 2 is 2.12 bits per heavy atom. The summed E-state index contributed by atoms with van der Waals surface area (Å²) in [4.78, 5) is 4.09. The molecule has 0 saturated heterocycles. The molecule has 0 saturated carbocycles. The number of aromatic nitrogens is 1. The summed E-state index contributed by atoms with van der Waals surface area (Å²) >= 11 is 0. The van der Waals surface area contributed by atoms with Gasteiger partial charge in [-0.2, -0.15) is 0 Å². The van der Waals surface area contributed by atoms with Gasteiger partial charge in [-0.05, 0) is 25.1 Å². The van der Waals surface area contributed by atoms with Gasteiger partial charge in [-0.25, -0.2) is 4.98 Å². The van der Waals surface area contributed by atoms with Crippen molar-refractivity contribution in [2.45, 2.75) is 13.5 Å². The van der Waals surface area contributed by atoms with Crippen LogP contribution in [0.2, 0.25) is 0 Å². The monoisotopic (exact) mass is 218 g/mol. The van der Waals surface area contributed by atoms with Crippen LogP contribution in [-0.2, 0) is 6.54 Å². The number of nitrogens with zero attached hydrogens (tertiary/aromatic N) is 1. The zero-order valence-electron chi connectivity index (χ0n) is 9.03. The number of hydrogen-bond donors (Lipinski definition) is 3. The fourth-order valence-corrected chi connectivity index (χ4v) is 1.35. The van der Waals surface area contributed by atoms with E-state index >= 15 is 0 Å². The van der Waals surface area contributed by atoms with Gasteiger partial charge in [0.25, 0.3) is 0 Å². The highest BCUT2D eigenvalue weighted by atomic mass is 16.4. The minimum absolute atomic E-state index is 0.525. The number of aryl methyl sites for hydroxylation is 1. The summed E-state index contributed by atoms with van der Waals surface area (Å²) in [6, 6.07) is 5.41. The summed E-state index contributed by atoms with van der Waals surface area (Å²) in [6.07, 6.45) is 1.69. The van der Waals surface area contributed by atoms with Crippen molar-refractivity contribution in [3.05, 3.63) is 36.0 Å². The first kappa shape index (κ1) is 10.4. The molecule has 5 N–H and O–H groups in total. The van der Waals surface area contributed by atoms with Crippen LogP contribution in [0, 0.1) is 6.92 Å². The quantitative estimate of drug-likeness (QED) is 0.683. The van der Waals surface area contributed by atoms with Crippen molar-refractivity contribution in [3.63, 3.8) is 0 Å². The first-order valence-electron chi connectivity index (χ1n) is 4.95. The predicted molar refractivity (Wildman–Crippen MR) is 63.8 cm³/mol. The first-order chi connectivity index (χ1) is 7.65. The molecule has 0 spiro atoms. The third kappa shape index (κ3) is 2.25. The number of rotatable bonds is 3. The average molecular weight is 218 g/mol. The van der Waals surface area contributed by atoms with Crippen molar-refractivity contribution in [1.29, 1.82) is 0 Å². The maximum atomic E-state index is 5.69. The van der Waals surface area contributed by atoms with Crippen LogP contribution in [0.25, 0.3) is 0 Å². The van der Waals surface area contributed by atoms with Crippen molar-refractivity contribution in [2.24, 2.45) is 0 Å². The maximum absolute atomic E-state index is 5.69. The third-order valence-corrected chi connectivity index (χ3v) is 2.20. The van der Waals surface area contributed by atoms with Crippen LogP contribution >= 0.6 is 0 Å². The molecule has 0 aliphatic carbocycles. The van der Waals surface area contributed by atoms with Crippen LogP contribution in [0.5, 0.6) is 0 Å². The summed E-state index contributed by atoms with van der Waals surface area (Å²) in [7, 11) is 0. The molecule has 0 aliphatic rings. The van der Waals surface area contributed by atoms with E-state index < -0.39 is 0 Å². The molecule has 1 aromatic carbocycles. The van der Waals surface area contributed by atoms with E-state index in [2.05, 4.69) is 10.3 Å². The highest BCUT2D eigenvalue weighted by Gasteiger charge is 2.01. The molecule has 0 unspecified atom stereocenters. The molecule has 5 nitrogen and oxygen atoms in total. The van der Waals surface area contributed by atoms with Crippen molar-refractivity contribution in [2.75, 3.05) is 16.8 Å². The van der Waals surface area contributed by atoms with Gasteiger partial charge in [0.15, 0.2) is 0 Å². The summed E-state index contributed by atoms with van der Waals surface area (Å²) in [5.41, 5.74) is 13.3. The summed E-state index contributed by atoms with van der Waals surface area (Å²) in [5.74, 6) is 1.45. The molecule has 2 aromatic rings. The molecule has 0 radical (unpaired) electrons. The smallest absolute Gasteiger partial charge is 0.213 e. The standard InChI is InChI=1S/C11H14N4O/c1-7-5-15-11(16-7)6-14-8-2-3-9(12)10(13)4-8/h2-5,14H,6,12-13H2,1H3. The Bertz CT molecular complexity index is 492. The maximum Gasteiger partial charge on any atom is 0.213 e. The molecule has 0 amide bonds. The highest BCUT2D eigenvalue weighted by molar-refractivity contribution is 5.69. The lowest BCUT2D eigenvalue weighted by molar-refractivity contribution is 0.479.